The van der Waals surface area contributed by atoms with E-state index in [2.05, 4.69) is 0 Å². The van der Waals surface area contributed by atoms with E-state index in [0.717, 1.165) is 16.1 Å². The van der Waals surface area contributed by atoms with Gasteiger partial charge in [-0.2, -0.15) is 0 Å². The van der Waals surface area contributed by atoms with Gasteiger partial charge in [-0.25, -0.2) is 4.98 Å². The topological polar surface area (TPSA) is 50.2 Å². The van der Waals surface area contributed by atoms with E-state index >= 15 is 0 Å². The average Bonchev–Trinajstić information content (AvgIpc) is 3.29. The van der Waals surface area contributed by atoms with Crippen molar-refractivity contribution in [2.24, 2.45) is 0 Å². The number of carbonyl (C=O) groups excluding carboxylic acids is 1. The van der Waals surface area contributed by atoms with Gasteiger partial charge in [0.15, 0.2) is 5.78 Å². The molecule has 0 unspecified atom stereocenters. The number of aliphatic hydroxyl groups excluding tert-OH is 1. The van der Waals surface area contributed by atoms with Gasteiger partial charge in [0.25, 0.3) is 0 Å². The van der Waals surface area contributed by atoms with Crippen LogP contribution in [0.1, 0.15) is 20.8 Å². The number of nitrogens with zero attached hydrogens (tertiary/aromatic N) is 1. The van der Waals surface area contributed by atoms with Crippen LogP contribution in [0.4, 0.5) is 0 Å². The molecule has 1 N–H and O–H groups in total. The maximum atomic E-state index is 13.1. The Balaban J connectivity index is 1.73. The maximum absolute atomic E-state index is 13.1. The molecule has 0 aliphatic heterocycles. The molecule has 3 nitrogen and oxygen atoms in total. The highest BCUT2D eigenvalue weighted by molar-refractivity contribution is 7.17. The number of rotatable bonds is 3. The minimum atomic E-state index is -0.179. The Bertz CT molecular complexity index is 1270. The van der Waals surface area contributed by atoms with Gasteiger partial charge in [0.1, 0.15) is 10.8 Å². The highest BCUT2D eigenvalue weighted by Gasteiger charge is 2.33. The molecule has 1 heterocycles. The van der Waals surface area contributed by atoms with Crippen LogP contribution in [0, 0.1) is 0 Å². The largest absolute Gasteiger partial charge is 0.506 e. The molecule has 5 rings (SSSR count). The number of hydrogen-bond acceptors (Lipinski definition) is 4. The molecule has 1 aliphatic rings. The first-order valence-electron chi connectivity index (χ1n) is 9.03. The number of carbonyl (C=O) groups is 1. The number of ketones is 1. The van der Waals surface area contributed by atoms with E-state index in [4.69, 9.17) is 16.6 Å². The predicted octanol–water partition coefficient (Wildman–Crippen LogP) is 6.75. The number of hydrogen-bond donors (Lipinski definition) is 1. The average molecular weight is 416 g/mol. The second kappa shape index (κ2) is 6.99. The van der Waals surface area contributed by atoms with Crippen molar-refractivity contribution in [3.05, 3.63) is 99.9 Å². The molecule has 0 spiro atoms. The zero-order valence-corrected chi connectivity index (χ0v) is 16.7. The molecule has 1 aliphatic carbocycles. The second-order valence-corrected chi connectivity index (χ2v) is 8.10. The van der Waals surface area contributed by atoms with Gasteiger partial charge < -0.3 is 5.11 Å². The van der Waals surface area contributed by atoms with Gasteiger partial charge in [0.05, 0.1) is 16.1 Å². The third kappa shape index (κ3) is 2.97. The second-order valence-electron chi connectivity index (χ2n) is 6.67. The van der Waals surface area contributed by atoms with E-state index in [0.29, 0.717) is 32.3 Å². The zero-order valence-electron chi connectivity index (χ0n) is 15.1. The van der Waals surface area contributed by atoms with Gasteiger partial charge in [-0.15, -0.1) is 11.3 Å². The van der Waals surface area contributed by atoms with Crippen molar-refractivity contribution in [1.29, 1.82) is 0 Å². The molecule has 3 aromatic carbocycles. The first kappa shape index (κ1) is 17.9. The summed E-state index contributed by atoms with van der Waals surface area (Å²) in [5.74, 6) is -0.171. The lowest BCUT2D eigenvalue weighted by Crippen LogP contribution is -1.98. The summed E-state index contributed by atoms with van der Waals surface area (Å²) in [4.78, 5) is 18.6. The highest BCUT2D eigenvalue weighted by Crippen LogP contribution is 2.44. The quantitative estimate of drug-likeness (QED) is 0.402. The van der Waals surface area contributed by atoms with Crippen LogP contribution in [0.2, 0.25) is 5.02 Å². The first-order valence-corrected chi connectivity index (χ1v) is 10.2. The van der Waals surface area contributed by atoms with E-state index in [1.165, 1.54) is 11.3 Å². The molecular weight excluding hydrogens is 402 g/mol. The molecule has 0 atom stereocenters. The summed E-state index contributed by atoms with van der Waals surface area (Å²) in [5, 5.41) is 12.3. The van der Waals surface area contributed by atoms with Crippen molar-refractivity contribution in [2.75, 3.05) is 0 Å². The fourth-order valence-electron chi connectivity index (χ4n) is 3.47. The molecule has 0 bridgehead atoms. The van der Waals surface area contributed by atoms with Crippen molar-refractivity contribution < 1.29 is 9.90 Å². The molecule has 0 fully saturated rings. The summed E-state index contributed by atoms with van der Waals surface area (Å²) in [7, 11) is 0. The normalized spacial score (nSPS) is 13.1. The maximum Gasteiger partial charge on any atom is 0.199 e. The van der Waals surface area contributed by atoms with Crippen molar-refractivity contribution in [3.63, 3.8) is 0 Å². The summed E-state index contributed by atoms with van der Waals surface area (Å²) in [6, 6.07) is 24.2. The van der Waals surface area contributed by atoms with Gasteiger partial charge >= 0.3 is 0 Å². The van der Waals surface area contributed by atoms with Crippen LogP contribution in [0.3, 0.4) is 0 Å². The summed E-state index contributed by atoms with van der Waals surface area (Å²) >= 11 is 7.42. The van der Waals surface area contributed by atoms with Crippen LogP contribution >= 0.6 is 22.9 Å². The molecule has 0 amide bonds. The van der Waals surface area contributed by atoms with E-state index in [1.807, 2.05) is 60.7 Å². The Labute approximate surface area is 176 Å². The van der Waals surface area contributed by atoms with Crippen LogP contribution < -0.4 is 0 Å². The molecule has 0 saturated heterocycles. The van der Waals surface area contributed by atoms with E-state index in [9.17, 15) is 9.90 Å². The van der Waals surface area contributed by atoms with Gasteiger partial charge in [-0.3, -0.25) is 4.79 Å². The number of allylic oxidation sites excluding steroid dienone is 1. The minimum absolute atomic E-state index is 0.00841. The lowest BCUT2D eigenvalue weighted by molar-refractivity contribution is 0.105. The monoisotopic (exact) mass is 415 g/mol. The molecule has 5 heteroatoms. The number of thiazole rings is 1. The smallest absolute Gasteiger partial charge is 0.199 e. The minimum Gasteiger partial charge on any atom is -0.506 e. The van der Waals surface area contributed by atoms with Gasteiger partial charge in [-0.1, -0.05) is 78.3 Å². The van der Waals surface area contributed by atoms with Crippen molar-refractivity contribution in [1.82, 2.24) is 4.98 Å². The molecule has 0 saturated carbocycles. The Morgan fingerprint density at radius 2 is 1.45 bits per heavy atom. The molecular formula is C24H14ClNO2S. The van der Waals surface area contributed by atoms with Crippen LogP contribution in [0.5, 0.6) is 0 Å². The number of benzene rings is 3. The summed E-state index contributed by atoms with van der Waals surface area (Å²) in [6.45, 7) is 0. The fourth-order valence-corrected chi connectivity index (χ4v) is 4.73. The lowest BCUT2D eigenvalue weighted by Gasteiger charge is -2.03. The first-order chi connectivity index (χ1) is 14.1. The third-order valence-corrected chi connectivity index (χ3v) is 6.26. The number of aliphatic hydroxyl groups is 1. The summed E-state index contributed by atoms with van der Waals surface area (Å²) in [6.07, 6.45) is 0. The van der Waals surface area contributed by atoms with Crippen molar-refractivity contribution in [2.45, 2.75) is 0 Å². The van der Waals surface area contributed by atoms with Gasteiger partial charge in [0.2, 0.25) is 0 Å². The number of Topliss-reactive ketones (excluding diaryl/α,β-unsaturated/α-hetero) is 1. The van der Waals surface area contributed by atoms with Crippen molar-refractivity contribution in [3.8, 4) is 21.8 Å². The van der Waals surface area contributed by atoms with E-state index in [1.54, 1.807) is 18.2 Å². The third-order valence-electron chi connectivity index (χ3n) is 4.88. The number of halogens is 1. The Kier molecular flexibility index (Phi) is 4.31. The highest BCUT2D eigenvalue weighted by atomic mass is 35.5. The fraction of sp³-hybridized carbons (Fsp3) is 0. The molecule has 1 aromatic heterocycles. The Morgan fingerprint density at radius 1 is 0.793 bits per heavy atom. The SMILES string of the molecule is O=C1C(c2sc(-c3ccc(Cl)cc3)nc2-c2ccccc2)=C(O)c2ccccc21. The van der Waals surface area contributed by atoms with Crippen LogP contribution in [-0.2, 0) is 0 Å². The Hall–Kier alpha value is -3.21. The predicted molar refractivity (Wildman–Crippen MR) is 118 cm³/mol. The molecule has 29 heavy (non-hydrogen) atoms. The number of aromatic nitrogens is 1. The molecule has 0 radical (unpaired) electrons. The summed E-state index contributed by atoms with van der Waals surface area (Å²) < 4.78 is 0. The van der Waals surface area contributed by atoms with Gasteiger partial charge in [0, 0.05) is 27.3 Å². The lowest BCUT2D eigenvalue weighted by atomic mass is 10.0. The van der Waals surface area contributed by atoms with Crippen LogP contribution in [-0.4, -0.2) is 15.9 Å². The molecule has 140 valence electrons. The Morgan fingerprint density at radius 3 is 2.14 bits per heavy atom. The molecule has 4 aromatic rings. The summed E-state index contributed by atoms with van der Waals surface area (Å²) in [5.41, 5.74) is 3.87. The van der Waals surface area contributed by atoms with Crippen LogP contribution in [0.15, 0.2) is 78.9 Å². The van der Waals surface area contributed by atoms with Crippen LogP contribution in [0.25, 0.3) is 33.2 Å². The zero-order chi connectivity index (χ0) is 20.0. The van der Waals surface area contributed by atoms with E-state index < -0.39 is 0 Å². The van der Waals surface area contributed by atoms with Crippen molar-refractivity contribution >= 4 is 40.1 Å². The van der Waals surface area contributed by atoms with E-state index in [-0.39, 0.29) is 11.5 Å². The van der Waals surface area contributed by atoms with Gasteiger partial charge in [-0.05, 0) is 12.1 Å². The standard InChI is InChI=1S/C24H14ClNO2S/c25-16-12-10-15(11-13-16)24-26-20(14-6-2-1-3-7-14)23(29-24)19-21(27)17-8-4-5-9-18(17)22(19)28/h1-13,27H. The number of fused-ring (bicyclic) bond motifs is 1.